The van der Waals surface area contributed by atoms with Crippen LogP contribution in [0.2, 0.25) is 0 Å². The molecule has 3 heterocycles. The first-order valence-electron chi connectivity index (χ1n) is 8.79. The predicted octanol–water partition coefficient (Wildman–Crippen LogP) is 3.23. The lowest BCUT2D eigenvalue weighted by Gasteiger charge is -2.10. The minimum absolute atomic E-state index is 0.141. The Labute approximate surface area is 156 Å². The summed E-state index contributed by atoms with van der Waals surface area (Å²) in [6.45, 7) is 3.10. The molecule has 4 rings (SSSR count). The van der Waals surface area contributed by atoms with Crippen molar-refractivity contribution in [1.29, 1.82) is 0 Å². The van der Waals surface area contributed by atoms with Crippen molar-refractivity contribution in [1.82, 2.24) is 24.8 Å². The molecule has 1 N–H and O–H groups in total. The van der Waals surface area contributed by atoms with Crippen molar-refractivity contribution in [2.75, 3.05) is 6.54 Å². The van der Waals surface area contributed by atoms with Crippen molar-refractivity contribution in [3.8, 4) is 11.4 Å². The monoisotopic (exact) mass is 357 g/mol. The van der Waals surface area contributed by atoms with Crippen LogP contribution in [-0.2, 0) is 6.54 Å². The zero-order chi connectivity index (χ0) is 18.6. The molecule has 0 saturated heterocycles. The lowest BCUT2D eigenvalue weighted by Crippen LogP contribution is -2.27. The second kappa shape index (κ2) is 7.37. The molecule has 0 aliphatic rings. The third-order valence-electron chi connectivity index (χ3n) is 4.36. The summed E-state index contributed by atoms with van der Waals surface area (Å²) in [5, 5.41) is 2.93. The van der Waals surface area contributed by atoms with Crippen molar-refractivity contribution >= 4 is 17.1 Å². The number of aryl methyl sites for hydroxylation is 1. The molecule has 0 radical (unpaired) electrons. The number of rotatable bonds is 5. The molecule has 0 fully saturated rings. The van der Waals surface area contributed by atoms with Gasteiger partial charge in [0, 0.05) is 37.2 Å². The maximum Gasteiger partial charge on any atom is 0.252 e. The fraction of sp³-hybridized carbons (Fsp3) is 0.143. The van der Waals surface area contributed by atoms with E-state index in [9.17, 15) is 4.79 Å². The molecule has 0 spiro atoms. The average molecular weight is 357 g/mol. The lowest BCUT2D eigenvalue weighted by molar-refractivity contribution is 0.0952. The topological polar surface area (TPSA) is 72.7 Å². The van der Waals surface area contributed by atoms with Crippen molar-refractivity contribution in [2.45, 2.75) is 13.5 Å². The average Bonchev–Trinajstić information content (AvgIpc) is 3.08. The third kappa shape index (κ3) is 3.55. The fourth-order valence-corrected chi connectivity index (χ4v) is 2.97. The van der Waals surface area contributed by atoms with Gasteiger partial charge in [-0.05, 0) is 31.2 Å². The SMILES string of the molecule is Cc1ccc(-c2nc3cccnc3n2CCNC(=O)c2cccnc2)cc1. The standard InChI is InChI=1S/C21H19N5O/c1-15-6-8-16(9-7-15)19-25-18-5-3-11-23-20(18)26(19)13-12-24-21(27)17-4-2-10-22-14-17/h2-11,14H,12-13H2,1H3,(H,24,27). The van der Waals surface area contributed by atoms with E-state index < -0.39 is 0 Å². The highest BCUT2D eigenvalue weighted by molar-refractivity contribution is 5.93. The molecule has 134 valence electrons. The highest BCUT2D eigenvalue weighted by atomic mass is 16.1. The van der Waals surface area contributed by atoms with E-state index in [1.54, 1.807) is 30.7 Å². The molecule has 4 aromatic rings. The predicted molar refractivity (Wildman–Crippen MR) is 104 cm³/mol. The molecule has 6 heteroatoms. The Balaban J connectivity index is 1.59. The van der Waals surface area contributed by atoms with Crippen LogP contribution in [0.25, 0.3) is 22.6 Å². The number of nitrogens with zero attached hydrogens (tertiary/aromatic N) is 4. The first kappa shape index (κ1) is 16.9. The number of amides is 1. The van der Waals surface area contributed by atoms with E-state index in [4.69, 9.17) is 4.98 Å². The Morgan fingerprint density at radius 3 is 2.67 bits per heavy atom. The molecule has 0 aliphatic heterocycles. The molecule has 1 aromatic carbocycles. The van der Waals surface area contributed by atoms with Gasteiger partial charge in [-0.2, -0.15) is 0 Å². The number of aromatic nitrogens is 4. The summed E-state index contributed by atoms with van der Waals surface area (Å²) in [6.07, 6.45) is 4.96. The third-order valence-corrected chi connectivity index (χ3v) is 4.36. The quantitative estimate of drug-likeness (QED) is 0.595. The molecule has 3 aromatic heterocycles. The number of pyridine rings is 2. The van der Waals surface area contributed by atoms with E-state index in [1.807, 2.05) is 16.7 Å². The van der Waals surface area contributed by atoms with E-state index in [0.29, 0.717) is 18.7 Å². The van der Waals surface area contributed by atoms with Crippen LogP contribution in [-0.4, -0.2) is 32.0 Å². The van der Waals surface area contributed by atoms with Gasteiger partial charge in [0.05, 0.1) is 5.56 Å². The van der Waals surface area contributed by atoms with Crippen LogP contribution < -0.4 is 5.32 Å². The summed E-state index contributed by atoms with van der Waals surface area (Å²) in [5.74, 6) is 0.705. The molecular weight excluding hydrogens is 338 g/mol. The van der Waals surface area contributed by atoms with Crippen LogP contribution in [0.3, 0.4) is 0 Å². The van der Waals surface area contributed by atoms with E-state index in [0.717, 1.165) is 22.6 Å². The van der Waals surface area contributed by atoms with E-state index in [2.05, 4.69) is 46.5 Å². The Morgan fingerprint density at radius 2 is 1.89 bits per heavy atom. The minimum Gasteiger partial charge on any atom is -0.350 e. The normalized spacial score (nSPS) is 10.9. The Hall–Kier alpha value is -3.54. The van der Waals surface area contributed by atoms with E-state index in [-0.39, 0.29) is 5.91 Å². The number of hydrogen-bond acceptors (Lipinski definition) is 4. The molecular formula is C21H19N5O. The van der Waals surface area contributed by atoms with Gasteiger partial charge in [-0.25, -0.2) is 9.97 Å². The van der Waals surface area contributed by atoms with Gasteiger partial charge < -0.3 is 9.88 Å². The Morgan fingerprint density at radius 1 is 1.07 bits per heavy atom. The van der Waals surface area contributed by atoms with Gasteiger partial charge in [-0.1, -0.05) is 29.8 Å². The van der Waals surface area contributed by atoms with Gasteiger partial charge in [0.15, 0.2) is 5.65 Å². The minimum atomic E-state index is -0.141. The largest absolute Gasteiger partial charge is 0.350 e. The summed E-state index contributed by atoms with van der Waals surface area (Å²) in [4.78, 5) is 25.4. The van der Waals surface area contributed by atoms with Crippen molar-refractivity contribution in [3.05, 3.63) is 78.2 Å². The fourth-order valence-electron chi connectivity index (χ4n) is 2.97. The number of fused-ring (bicyclic) bond motifs is 1. The second-order valence-electron chi connectivity index (χ2n) is 6.30. The van der Waals surface area contributed by atoms with Gasteiger partial charge in [-0.15, -0.1) is 0 Å². The maximum absolute atomic E-state index is 12.2. The van der Waals surface area contributed by atoms with Gasteiger partial charge in [0.2, 0.25) is 0 Å². The van der Waals surface area contributed by atoms with Crippen LogP contribution in [0.5, 0.6) is 0 Å². The van der Waals surface area contributed by atoms with Gasteiger partial charge in [0.1, 0.15) is 11.3 Å². The Bertz CT molecular complexity index is 1070. The molecule has 27 heavy (non-hydrogen) atoms. The maximum atomic E-state index is 12.2. The van der Waals surface area contributed by atoms with Gasteiger partial charge in [-0.3, -0.25) is 9.78 Å². The molecule has 0 atom stereocenters. The van der Waals surface area contributed by atoms with Crippen molar-refractivity contribution < 1.29 is 4.79 Å². The number of benzene rings is 1. The van der Waals surface area contributed by atoms with Crippen LogP contribution in [0.1, 0.15) is 15.9 Å². The number of nitrogens with one attached hydrogen (secondary N) is 1. The zero-order valence-corrected chi connectivity index (χ0v) is 15.0. The molecule has 0 bridgehead atoms. The number of carbonyl (C=O) groups is 1. The van der Waals surface area contributed by atoms with E-state index >= 15 is 0 Å². The number of hydrogen-bond donors (Lipinski definition) is 1. The zero-order valence-electron chi connectivity index (χ0n) is 15.0. The molecule has 6 nitrogen and oxygen atoms in total. The van der Waals surface area contributed by atoms with Gasteiger partial charge in [0.25, 0.3) is 5.91 Å². The molecule has 0 aliphatic carbocycles. The first-order chi connectivity index (χ1) is 13.2. The number of carbonyl (C=O) groups excluding carboxylic acids is 1. The summed E-state index contributed by atoms with van der Waals surface area (Å²) in [5.41, 5.74) is 4.42. The first-order valence-corrected chi connectivity index (χ1v) is 8.79. The van der Waals surface area contributed by atoms with Crippen LogP contribution in [0.15, 0.2) is 67.1 Å². The highest BCUT2D eigenvalue weighted by Crippen LogP contribution is 2.23. The van der Waals surface area contributed by atoms with Crippen molar-refractivity contribution in [2.24, 2.45) is 0 Å². The summed E-state index contributed by atoms with van der Waals surface area (Å²) in [6, 6.07) is 15.6. The van der Waals surface area contributed by atoms with Crippen molar-refractivity contribution in [3.63, 3.8) is 0 Å². The number of imidazole rings is 1. The highest BCUT2D eigenvalue weighted by Gasteiger charge is 2.14. The van der Waals surface area contributed by atoms with Crippen LogP contribution >= 0.6 is 0 Å². The smallest absolute Gasteiger partial charge is 0.252 e. The molecule has 1 amide bonds. The van der Waals surface area contributed by atoms with E-state index in [1.165, 1.54) is 5.56 Å². The van der Waals surface area contributed by atoms with Crippen LogP contribution in [0, 0.1) is 6.92 Å². The van der Waals surface area contributed by atoms with Gasteiger partial charge >= 0.3 is 0 Å². The molecule has 0 saturated carbocycles. The van der Waals surface area contributed by atoms with Crippen LogP contribution in [0.4, 0.5) is 0 Å². The molecule has 0 unspecified atom stereocenters. The second-order valence-corrected chi connectivity index (χ2v) is 6.30. The summed E-state index contributed by atoms with van der Waals surface area (Å²) in [7, 11) is 0. The Kier molecular flexibility index (Phi) is 4.61. The summed E-state index contributed by atoms with van der Waals surface area (Å²) >= 11 is 0. The summed E-state index contributed by atoms with van der Waals surface area (Å²) < 4.78 is 2.05. The lowest BCUT2D eigenvalue weighted by atomic mass is 10.1.